The van der Waals surface area contributed by atoms with Crippen LogP contribution in [0, 0.1) is 59.1 Å². The van der Waals surface area contributed by atoms with Crippen LogP contribution in [0.3, 0.4) is 0 Å². The van der Waals surface area contributed by atoms with Crippen molar-refractivity contribution in [2.45, 2.75) is 226 Å². The van der Waals surface area contributed by atoms with E-state index in [9.17, 15) is 25.5 Å². The lowest BCUT2D eigenvalue weighted by Gasteiger charge is -2.46. The predicted molar refractivity (Wildman–Crippen MR) is 456 cm³/mol. The van der Waals surface area contributed by atoms with E-state index >= 15 is 0 Å². The first-order valence-corrected chi connectivity index (χ1v) is 38.7. The monoisotopic (exact) mass is 1650 g/mol. The van der Waals surface area contributed by atoms with Crippen LogP contribution < -0.4 is 47.4 Å². The van der Waals surface area contributed by atoms with E-state index in [4.69, 9.17) is 115 Å². The van der Waals surface area contributed by atoms with Crippen molar-refractivity contribution in [3.05, 3.63) is 116 Å². The average Bonchev–Trinajstić information content (AvgIpc) is 0.669. The number of ether oxygens (including phenoxy) is 10. The van der Waals surface area contributed by atoms with Crippen molar-refractivity contribution in [2.24, 2.45) is 59.1 Å². The van der Waals surface area contributed by atoms with Crippen molar-refractivity contribution < 1.29 is 140 Å². The van der Waals surface area contributed by atoms with Gasteiger partial charge in [-0.3, -0.25) is 24.5 Å². The van der Waals surface area contributed by atoms with Crippen LogP contribution in [0.25, 0.3) is 0 Å². The van der Waals surface area contributed by atoms with Gasteiger partial charge in [0.2, 0.25) is 0 Å². The number of nitrogens with zero attached hydrogens (tertiary/aromatic N) is 5. The minimum absolute atomic E-state index is 0.0102. The Morgan fingerprint density at radius 1 is 0.365 bits per heavy atom. The van der Waals surface area contributed by atoms with Gasteiger partial charge >= 0.3 is 0 Å². The molecule has 0 amide bonds. The number of piperidine rings is 5. The standard InChI is InChI=1S/5C19H29NO3/c5*1-12(2)7-14-11-20-6-5-13-8-18(22-3)19(23-4)9-15(13)16(20)10-17(14)21/h5*8-9,12,14,16-17,21H,5-7,10-11H2,1-4H3/i7D2,8D,9D,10D2,11D2,14D,17D;4D3,8D,9D,10D2,11D2,14D,17D;1D3,4D3,7D2,8D,9D,11D2,12D;8D,9D,10D2,11D2,14D,17D;4D3,8D,9D,11D2. The Bertz CT molecular complexity index is 6410. The zero-order valence-corrected chi connectivity index (χ0v) is 68.2. The van der Waals surface area contributed by atoms with Crippen molar-refractivity contribution in [1.82, 2.24) is 24.5 Å². The van der Waals surface area contributed by atoms with Gasteiger partial charge in [-0.15, -0.1) is 0 Å². The summed E-state index contributed by atoms with van der Waals surface area (Å²) in [6, 6.07) is -9.69. The van der Waals surface area contributed by atoms with Crippen LogP contribution in [-0.4, -0.2) is 217 Å². The van der Waals surface area contributed by atoms with E-state index in [0.29, 0.717) is 36.1 Å². The maximum absolute atomic E-state index is 11.2. The molecular weight excluding hydrogens is 1450 g/mol. The third-order valence-electron chi connectivity index (χ3n) is 20.8. The highest BCUT2D eigenvalue weighted by Gasteiger charge is 2.45. The molecule has 10 aliphatic heterocycles. The molecule has 5 N–H and O–H groups in total. The Hall–Kier alpha value is -6.30. The molecular formula is C95H145N5O15. The van der Waals surface area contributed by atoms with Crippen LogP contribution in [0.4, 0.5) is 0 Å². The van der Waals surface area contributed by atoms with Gasteiger partial charge in [0.1, 0.15) is 0 Å². The molecule has 5 saturated heterocycles. The van der Waals surface area contributed by atoms with Gasteiger partial charge < -0.3 is 72.9 Å². The fourth-order valence-electron chi connectivity index (χ4n) is 15.5. The number of fused-ring (bicyclic) bond motifs is 15. The van der Waals surface area contributed by atoms with Gasteiger partial charge in [-0.1, -0.05) is 69.2 Å². The predicted octanol–water partition coefficient (Wildman–Crippen LogP) is 15.1. The average molecular weight is 1650 g/mol. The molecule has 0 radical (unpaired) electrons. The van der Waals surface area contributed by atoms with Gasteiger partial charge in [-0.2, -0.15) is 0 Å². The first-order valence-electron chi connectivity index (χ1n) is 63.2. The zero-order chi connectivity index (χ0) is 126. The quantitative estimate of drug-likeness (QED) is 0.0491. The van der Waals surface area contributed by atoms with Gasteiger partial charge in [-0.05, 0) is 271 Å². The molecule has 0 spiro atoms. The van der Waals surface area contributed by atoms with E-state index in [1.807, 2.05) is 13.8 Å². The molecule has 0 aromatic heterocycles. The van der Waals surface area contributed by atoms with E-state index in [-0.39, 0.29) is 229 Å². The number of aliphatic hydroxyl groups is 5. The second-order valence-electron chi connectivity index (χ2n) is 30.7. The fourth-order valence-corrected chi connectivity index (χ4v) is 15.5. The molecule has 10 heterocycles. The van der Waals surface area contributed by atoms with Gasteiger partial charge in [0, 0.05) is 132 Å². The first-order chi connectivity index (χ1) is 74.2. The van der Waals surface area contributed by atoms with Crippen molar-refractivity contribution in [2.75, 3.05) is 136 Å². The van der Waals surface area contributed by atoms with Gasteiger partial charge in [-0.25, -0.2) is 0 Å². The zero-order valence-electron chi connectivity index (χ0n) is 117. The summed E-state index contributed by atoms with van der Waals surface area (Å²) in [4.78, 5) is 5.89. The van der Waals surface area contributed by atoms with Crippen LogP contribution in [-0.2, 0) is 32.1 Å². The van der Waals surface area contributed by atoms with Gasteiger partial charge in [0.25, 0.3) is 0 Å². The molecule has 5 aromatic carbocycles. The second-order valence-corrected chi connectivity index (χ2v) is 30.7. The molecule has 5 fully saturated rings. The van der Waals surface area contributed by atoms with Gasteiger partial charge in [0.05, 0.1) is 131 Å². The van der Waals surface area contributed by atoms with Crippen molar-refractivity contribution in [1.29, 1.82) is 0 Å². The van der Waals surface area contributed by atoms with Crippen molar-refractivity contribution in [3.8, 4) is 57.5 Å². The lowest BCUT2D eigenvalue weighted by Crippen LogP contribution is -2.48. The van der Waals surface area contributed by atoms with Crippen LogP contribution >= 0.6 is 0 Å². The Morgan fingerprint density at radius 3 is 0.930 bits per heavy atom. The molecule has 0 bridgehead atoms. The summed E-state index contributed by atoms with van der Waals surface area (Å²) >= 11 is 0. The summed E-state index contributed by atoms with van der Waals surface area (Å²) in [6.45, 7) is -1.70. The summed E-state index contributed by atoms with van der Waals surface area (Å²) < 4.78 is 462. The molecule has 640 valence electrons. The number of benzene rings is 5. The van der Waals surface area contributed by atoms with Crippen LogP contribution in [0.5, 0.6) is 57.5 Å². The van der Waals surface area contributed by atoms with Crippen LogP contribution in [0.2, 0.25) is 0 Å². The summed E-state index contributed by atoms with van der Waals surface area (Å²) in [5.74, 6) is -17.6. The molecule has 16 unspecified atom stereocenters. The SMILES string of the molecule is [2H]c1c2c(c([2H])c(OC([2H])([2H])[2H])c1OC)C1CC(O)C(C([2H])([2H])C([2H])(C)C([2H])([2H])[2H])C([2H])([2H])N1CC2.[2H]c1c2c(c([2H])c(OC([2H])([2H])[2H])c1OC)C1CC(O)C(CC(C)C)C([2H])([2H])N1CC2.[2H]c1c2c(c([2H])c(OC([2H])([2H])[2H])c1OC)C1N(CC2)C([2H])([2H])C([2H])(CC(C)C)C([2H])(O)C1([2H])[2H].[2H]c1c2c(c([2H])c(OC)c1OC)C1N(CC2)C([2H])([2H])C([2H])(C([2H])([2H])C(C)C)C([2H])(O)C1([2H])[2H].[2H]c1c2c(c([2H])c(OC)c1OC)C1N(CC2)C([2H])([2H])C([2H])(CC(C)C)C([2H])(O)C1([2H])[2H]. The maximum Gasteiger partial charge on any atom is 0.161 e. The van der Waals surface area contributed by atoms with E-state index in [1.165, 1.54) is 68.5 Å². The van der Waals surface area contributed by atoms with E-state index in [0.717, 1.165) is 21.6 Å². The molecule has 0 saturated carbocycles. The molecule has 15 rings (SSSR count). The fraction of sp³-hybridized carbons (Fsp3) is 0.684. The summed E-state index contributed by atoms with van der Waals surface area (Å²) in [5.41, 5.74) is 1.37. The minimum atomic E-state index is -3.57. The van der Waals surface area contributed by atoms with Crippen LogP contribution in [0.15, 0.2) is 60.4 Å². The van der Waals surface area contributed by atoms with E-state index in [1.54, 1.807) is 32.6 Å². The van der Waals surface area contributed by atoms with Crippen molar-refractivity contribution >= 4 is 0 Å². The first kappa shape index (κ1) is 44.8. The third-order valence-corrected chi connectivity index (χ3v) is 20.8. The topological polar surface area (TPSA) is 210 Å². The number of rotatable bonds is 20. The number of aliphatic hydroxyl groups excluding tert-OH is 2. The van der Waals surface area contributed by atoms with E-state index < -0.39 is 218 Å². The maximum atomic E-state index is 11.2. The molecule has 0 aliphatic carbocycles. The number of methoxy groups -OCH3 is 10. The molecule has 20 heteroatoms. The summed E-state index contributed by atoms with van der Waals surface area (Å²) in [7, 11) is -0.0312. The van der Waals surface area contributed by atoms with Crippen molar-refractivity contribution in [3.63, 3.8) is 0 Å². The van der Waals surface area contributed by atoms with E-state index in [2.05, 4.69) is 0 Å². The Balaban J connectivity index is 0.000000193. The Labute approximate surface area is 758 Å². The highest BCUT2D eigenvalue weighted by molar-refractivity contribution is 5.54. The molecule has 115 heavy (non-hydrogen) atoms. The third kappa shape index (κ3) is 21.1. The van der Waals surface area contributed by atoms with Crippen LogP contribution in [0.1, 0.15) is 286 Å². The largest absolute Gasteiger partial charge is 0.493 e. The molecule has 5 aromatic rings. The minimum Gasteiger partial charge on any atom is -0.493 e. The highest BCUT2D eigenvalue weighted by Crippen LogP contribution is 2.50. The molecule has 20 nitrogen and oxygen atoms in total. The normalized spacial score (nSPS) is 42.2. The summed E-state index contributed by atoms with van der Waals surface area (Å²) in [5, 5.41) is 55.4. The number of hydrogen-bond donors (Lipinski definition) is 5. The molecule has 10 aliphatic rings. The highest BCUT2D eigenvalue weighted by atomic mass is 16.5. The summed E-state index contributed by atoms with van der Waals surface area (Å²) in [6.07, 6.45) is -27.1. The van der Waals surface area contributed by atoms with Gasteiger partial charge in [0.15, 0.2) is 57.5 Å². The Morgan fingerprint density at radius 2 is 0.635 bits per heavy atom. The smallest absolute Gasteiger partial charge is 0.161 e. The number of hydrogen-bond acceptors (Lipinski definition) is 20. The lowest BCUT2D eigenvalue weighted by atomic mass is 9.79. The lowest BCUT2D eigenvalue weighted by molar-refractivity contribution is -0.0192. The molecule has 16 atom stereocenters. The second kappa shape index (κ2) is 40.6. The Kier molecular flexibility index (Phi) is 15.8.